The number of carbonyl (C=O) groups excluding carboxylic acids is 1. The normalized spacial score (nSPS) is 10.6. The first-order chi connectivity index (χ1) is 9.13. The number of carboxylic acids is 1. The van der Waals surface area contributed by atoms with Crippen molar-refractivity contribution in [2.24, 2.45) is 0 Å². The lowest BCUT2D eigenvalue weighted by molar-refractivity contribution is -0.121. The van der Waals surface area contributed by atoms with Crippen molar-refractivity contribution in [3.05, 3.63) is 36.0 Å². The molecular weight excluding hydrogens is 244 g/mol. The van der Waals surface area contributed by atoms with Crippen LogP contribution in [0.15, 0.2) is 30.5 Å². The molecule has 0 aliphatic rings. The molecule has 19 heavy (non-hydrogen) atoms. The minimum absolute atomic E-state index is 0.0304. The zero-order valence-corrected chi connectivity index (χ0v) is 10.7. The van der Waals surface area contributed by atoms with Crippen LogP contribution in [0.4, 0.5) is 0 Å². The lowest BCUT2D eigenvalue weighted by Gasteiger charge is -2.07. The number of nitrogens with one attached hydrogen (secondary N) is 1. The van der Waals surface area contributed by atoms with Crippen LogP contribution in [-0.4, -0.2) is 28.1 Å². The van der Waals surface area contributed by atoms with Crippen molar-refractivity contribution in [1.82, 2.24) is 9.88 Å². The number of aromatic carboxylic acids is 1. The molecule has 0 unspecified atom stereocenters. The molecule has 0 saturated heterocycles. The van der Waals surface area contributed by atoms with E-state index in [1.807, 2.05) is 29.8 Å². The summed E-state index contributed by atoms with van der Waals surface area (Å²) < 4.78 is 1.81. The molecule has 100 valence electrons. The second kappa shape index (κ2) is 5.56. The zero-order chi connectivity index (χ0) is 13.8. The van der Waals surface area contributed by atoms with Gasteiger partial charge in [-0.1, -0.05) is 12.1 Å². The van der Waals surface area contributed by atoms with Gasteiger partial charge in [0.2, 0.25) is 5.91 Å². The smallest absolute Gasteiger partial charge is 0.337 e. The lowest BCUT2D eigenvalue weighted by Crippen LogP contribution is -2.23. The van der Waals surface area contributed by atoms with Gasteiger partial charge in [-0.05, 0) is 19.1 Å². The number of para-hydroxylation sites is 1. The van der Waals surface area contributed by atoms with Crippen molar-refractivity contribution < 1.29 is 14.7 Å². The number of carbonyl (C=O) groups is 2. The Balaban J connectivity index is 2.29. The minimum Gasteiger partial charge on any atom is -0.478 e. The van der Waals surface area contributed by atoms with E-state index in [1.165, 1.54) is 0 Å². The molecular formula is C14H16N2O3. The Morgan fingerprint density at radius 2 is 2.11 bits per heavy atom. The minimum atomic E-state index is -0.955. The third kappa shape index (κ3) is 2.76. The molecule has 1 aromatic heterocycles. The Morgan fingerprint density at radius 3 is 2.79 bits per heavy atom. The SMILES string of the molecule is CCNC(=O)CCn1ccc2cccc(C(=O)O)c21. The summed E-state index contributed by atoms with van der Waals surface area (Å²) in [5, 5.41) is 12.8. The summed E-state index contributed by atoms with van der Waals surface area (Å²) in [6, 6.07) is 7.02. The second-order valence-corrected chi connectivity index (χ2v) is 4.26. The van der Waals surface area contributed by atoms with Crippen LogP contribution in [0.3, 0.4) is 0 Å². The summed E-state index contributed by atoms with van der Waals surface area (Å²) >= 11 is 0. The van der Waals surface area contributed by atoms with Crippen molar-refractivity contribution in [1.29, 1.82) is 0 Å². The quantitative estimate of drug-likeness (QED) is 0.862. The van der Waals surface area contributed by atoms with Gasteiger partial charge in [-0.25, -0.2) is 4.79 Å². The van der Waals surface area contributed by atoms with Gasteiger partial charge in [0.1, 0.15) is 0 Å². The summed E-state index contributed by atoms with van der Waals surface area (Å²) in [7, 11) is 0. The largest absolute Gasteiger partial charge is 0.478 e. The summed E-state index contributed by atoms with van der Waals surface area (Å²) in [5.41, 5.74) is 0.928. The molecule has 2 aromatic rings. The first kappa shape index (κ1) is 13.1. The Labute approximate surface area is 110 Å². The maximum absolute atomic E-state index is 11.5. The Kier molecular flexibility index (Phi) is 3.85. The predicted molar refractivity (Wildman–Crippen MR) is 72.2 cm³/mol. The Hall–Kier alpha value is -2.30. The highest BCUT2D eigenvalue weighted by Gasteiger charge is 2.12. The van der Waals surface area contributed by atoms with Gasteiger partial charge < -0.3 is 15.0 Å². The fourth-order valence-corrected chi connectivity index (χ4v) is 2.13. The van der Waals surface area contributed by atoms with E-state index in [0.29, 0.717) is 25.0 Å². The van der Waals surface area contributed by atoms with Crippen LogP contribution in [-0.2, 0) is 11.3 Å². The molecule has 5 nitrogen and oxygen atoms in total. The number of carboxylic acid groups (broad SMARTS) is 1. The summed E-state index contributed by atoms with van der Waals surface area (Å²) in [4.78, 5) is 22.7. The summed E-state index contributed by atoms with van der Waals surface area (Å²) in [6.45, 7) is 2.94. The van der Waals surface area contributed by atoms with Crippen LogP contribution in [0.25, 0.3) is 10.9 Å². The van der Waals surface area contributed by atoms with E-state index >= 15 is 0 Å². The first-order valence-electron chi connectivity index (χ1n) is 6.21. The van der Waals surface area contributed by atoms with Crippen molar-refractivity contribution in [2.75, 3.05) is 6.54 Å². The van der Waals surface area contributed by atoms with Gasteiger partial charge in [0, 0.05) is 31.1 Å². The molecule has 0 fully saturated rings. The van der Waals surface area contributed by atoms with Gasteiger partial charge in [0.05, 0.1) is 11.1 Å². The van der Waals surface area contributed by atoms with Gasteiger partial charge in [-0.3, -0.25) is 4.79 Å². The maximum Gasteiger partial charge on any atom is 0.337 e. The fraction of sp³-hybridized carbons (Fsp3) is 0.286. The number of fused-ring (bicyclic) bond motifs is 1. The van der Waals surface area contributed by atoms with Gasteiger partial charge in [0.25, 0.3) is 0 Å². The second-order valence-electron chi connectivity index (χ2n) is 4.26. The highest BCUT2D eigenvalue weighted by atomic mass is 16.4. The van der Waals surface area contributed by atoms with Crippen molar-refractivity contribution in [3.8, 4) is 0 Å². The Morgan fingerprint density at radius 1 is 1.32 bits per heavy atom. The van der Waals surface area contributed by atoms with Gasteiger partial charge >= 0.3 is 5.97 Å². The fourth-order valence-electron chi connectivity index (χ4n) is 2.13. The molecule has 0 saturated carbocycles. The molecule has 0 aliphatic carbocycles. The maximum atomic E-state index is 11.5. The summed E-state index contributed by atoms with van der Waals surface area (Å²) in [6.07, 6.45) is 2.15. The van der Waals surface area contributed by atoms with E-state index < -0.39 is 5.97 Å². The molecule has 1 aromatic carbocycles. The third-order valence-electron chi connectivity index (χ3n) is 2.97. The molecule has 1 heterocycles. The highest BCUT2D eigenvalue weighted by Crippen LogP contribution is 2.20. The van der Waals surface area contributed by atoms with E-state index in [2.05, 4.69) is 5.32 Å². The van der Waals surface area contributed by atoms with Gasteiger partial charge in [-0.2, -0.15) is 0 Å². The van der Waals surface area contributed by atoms with Gasteiger partial charge in [0.15, 0.2) is 0 Å². The number of aryl methyl sites for hydroxylation is 1. The molecule has 2 N–H and O–H groups in total. The van der Waals surface area contributed by atoms with Crippen LogP contribution in [0, 0.1) is 0 Å². The van der Waals surface area contributed by atoms with E-state index in [0.717, 1.165) is 5.39 Å². The number of nitrogens with zero attached hydrogens (tertiary/aromatic N) is 1. The Bertz CT molecular complexity index is 616. The molecule has 2 rings (SSSR count). The number of hydrogen-bond acceptors (Lipinski definition) is 2. The summed E-state index contributed by atoms with van der Waals surface area (Å²) in [5.74, 6) is -0.985. The lowest BCUT2D eigenvalue weighted by atomic mass is 10.1. The van der Waals surface area contributed by atoms with E-state index in [-0.39, 0.29) is 11.5 Å². The molecule has 0 atom stereocenters. The average molecular weight is 260 g/mol. The molecule has 0 radical (unpaired) electrons. The number of rotatable bonds is 5. The van der Waals surface area contributed by atoms with Gasteiger partial charge in [-0.15, -0.1) is 0 Å². The van der Waals surface area contributed by atoms with Crippen LogP contribution in [0.5, 0.6) is 0 Å². The molecule has 0 aliphatic heterocycles. The topological polar surface area (TPSA) is 71.3 Å². The molecule has 1 amide bonds. The molecule has 5 heteroatoms. The first-order valence-corrected chi connectivity index (χ1v) is 6.21. The van der Waals surface area contributed by atoms with E-state index in [4.69, 9.17) is 0 Å². The number of amides is 1. The highest BCUT2D eigenvalue weighted by molar-refractivity contribution is 6.02. The standard InChI is InChI=1S/C14H16N2O3/c1-2-15-12(17)7-9-16-8-6-10-4-3-5-11(13(10)16)14(18)19/h3-6,8H,2,7,9H2,1H3,(H,15,17)(H,18,19). The van der Waals surface area contributed by atoms with Crippen molar-refractivity contribution in [3.63, 3.8) is 0 Å². The zero-order valence-electron chi connectivity index (χ0n) is 10.7. The average Bonchev–Trinajstić information content (AvgIpc) is 2.79. The molecule has 0 bridgehead atoms. The number of aromatic nitrogens is 1. The van der Waals surface area contributed by atoms with Crippen molar-refractivity contribution in [2.45, 2.75) is 19.9 Å². The monoisotopic (exact) mass is 260 g/mol. The third-order valence-corrected chi connectivity index (χ3v) is 2.97. The number of hydrogen-bond donors (Lipinski definition) is 2. The van der Waals surface area contributed by atoms with Crippen molar-refractivity contribution >= 4 is 22.8 Å². The van der Waals surface area contributed by atoms with Crippen LogP contribution in [0.1, 0.15) is 23.7 Å². The van der Waals surface area contributed by atoms with E-state index in [1.54, 1.807) is 12.1 Å². The van der Waals surface area contributed by atoms with Crippen LogP contribution >= 0.6 is 0 Å². The van der Waals surface area contributed by atoms with Crippen LogP contribution < -0.4 is 5.32 Å². The van der Waals surface area contributed by atoms with E-state index in [9.17, 15) is 14.7 Å². The predicted octanol–water partition coefficient (Wildman–Crippen LogP) is 1.87. The van der Waals surface area contributed by atoms with Crippen LogP contribution in [0.2, 0.25) is 0 Å². The molecule has 0 spiro atoms. The number of benzene rings is 1.